The van der Waals surface area contributed by atoms with Crippen LogP contribution in [0.4, 0.5) is 25.8 Å². The second kappa shape index (κ2) is 8.67. The molecule has 12 heteroatoms. The predicted molar refractivity (Wildman–Crippen MR) is 117 cm³/mol. The summed E-state index contributed by atoms with van der Waals surface area (Å²) in [6.45, 7) is 4.47. The van der Waals surface area contributed by atoms with E-state index in [2.05, 4.69) is 42.4 Å². The van der Waals surface area contributed by atoms with Gasteiger partial charge in [0.25, 0.3) is 0 Å². The number of alkyl halides is 2. The largest absolute Gasteiger partial charge is 0.486 e. The number of anilines is 3. The van der Waals surface area contributed by atoms with Crippen LogP contribution in [0.5, 0.6) is 17.2 Å². The zero-order valence-electron chi connectivity index (χ0n) is 16.9. The Hall–Kier alpha value is -3.93. The van der Waals surface area contributed by atoms with Gasteiger partial charge in [-0.3, -0.25) is 4.99 Å². The zero-order valence-corrected chi connectivity index (χ0v) is 16.9. The molecule has 0 amide bonds. The minimum absolute atomic E-state index is 0.0990. The number of fused-ring (bicyclic) bond motifs is 2. The van der Waals surface area contributed by atoms with E-state index in [1.807, 2.05) is 0 Å². The summed E-state index contributed by atoms with van der Waals surface area (Å²) in [6.07, 6.45) is -5.90. The van der Waals surface area contributed by atoms with Crippen LogP contribution in [0.15, 0.2) is 51.4 Å². The maximum Gasteiger partial charge on any atom is 0.444 e. The van der Waals surface area contributed by atoms with E-state index in [-0.39, 0.29) is 23.4 Å². The molecule has 0 aromatic heterocycles. The van der Waals surface area contributed by atoms with Crippen LogP contribution < -0.4 is 30.2 Å². The summed E-state index contributed by atoms with van der Waals surface area (Å²) < 4.78 is 42.5. The molecule has 4 N–H and O–H groups in total. The van der Waals surface area contributed by atoms with Gasteiger partial charge in [-0.2, -0.15) is 13.8 Å². The summed E-state index contributed by atoms with van der Waals surface area (Å²) in [5.74, 6) is 1.48. The Balaban J connectivity index is 1.49. The number of guanidine groups is 2. The van der Waals surface area contributed by atoms with Crippen molar-refractivity contribution in [1.29, 1.82) is 0 Å². The molecule has 0 bridgehead atoms. The molecule has 1 unspecified atom stereocenters. The fraction of sp³-hybridized carbons (Fsp3) is 0.250. The quantitative estimate of drug-likeness (QED) is 0.413. The molecule has 2 aliphatic heterocycles. The lowest BCUT2D eigenvalue weighted by atomic mass is 10.2. The molecular formula is C20H20F2N6O4. The maximum absolute atomic E-state index is 13.5. The highest BCUT2D eigenvalue weighted by atomic mass is 19.3. The normalized spacial score (nSPS) is 19.2. The summed E-state index contributed by atoms with van der Waals surface area (Å²) in [4.78, 5) is 12.2. The Bertz CT molecular complexity index is 1090. The molecule has 10 nitrogen and oxygen atoms in total. The van der Waals surface area contributed by atoms with Gasteiger partial charge in [0.05, 0.1) is 5.69 Å². The van der Waals surface area contributed by atoms with E-state index in [0.717, 1.165) is 0 Å². The van der Waals surface area contributed by atoms with Crippen LogP contribution in [-0.4, -0.2) is 56.3 Å². The van der Waals surface area contributed by atoms with E-state index < -0.39 is 12.3 Å². The minimum Gasteiger partial charge on any atom is -0.486 e. The Morgan fingerprint density at radius 1 is 1.06 bits per heavy atom. The van der Waals surface area contributed by atoms with Gasteiger partial charge < -0.3 is 35.3 Å². The predicted octanol–water partition coefficient (Wildman–Crippen LogP) is 2.74. The number of hydrogen-bond donors (Lipinski definition) is 4. The van der Waals surface area contributed by atoms with Gasteiger partial charge in [0.2, 0.25) is 18.1 Å². The second-order valence-electron chi connectivity index (χ2n) is 6.67. The number of aliphatic imine (C=N–C) groups is 3. The molecular weight excluding hydrogens is 426 g/mol. The number of rotatable bonds is 2. The second-order valence-corrected chi connectivity index (χ2v) is 6.67. The van der Waals surface area contributed by atoms with Crippen molar-refractivity contribution in [2.24, 2.45) is 15.0 Å². The molecule has 32 heavy (non-hydrogen) atoms. The molecule has 2 aromatic rings. The highest BCUT2D eigenvalue weighted by molar-refractivity contribution is 6.07. The van der Waals surface area contributed by atoms with E-state index >= 15 is 0 Å². The molecule has 0 saturated carbocycles. The van der Waals surface area contributed by atoms with Crippen molar-refractivity contribution < 1.29 is 28.1 Å². The Labute approximate surface area is 181 Å². The van der Waals surface area contributed by atoms with Gasteiger partial charge in [-0.05, 0) is 37.0 Å². The number of aliphatic hydroxyl groups excluding tert-OH is 1. The zero-order chi connectivity index (χ0) is 22.7. The Morgan fingerprint density at radius 2 is 1.72 bits per heavy atom. The summed E-state index contributed by atoms with van der Waals surface area (Å²) in [5.41, 5.74) is 1.30. The fourth-order valence-electron chi connectivity index (χ4n) is 2.96. The van der Waals surface area contributed by atoms with Crippen molar-refractivity contribution in [2.45, 2.75) is 12.3 Å². The van der Waals surface area contributed by atoms with Crippen LogP contribution in [0, 0.1) is 0 Å². The molecule has 2 aliphatic rings. The molecule has 0 spiro atoms. The first-order chi connectivity index (χ1) is 15.4. The van der Waals surface area contributed by atoms with Crippen molar-refractivity contribution in [3.8, 4) is 17.2 Å². The van der Waals surface area contributed by atoms with Crippen LogP contribution in [0.25, 0.3) is 0 Å². The van der Waals surface area contributed by atoms with Crippen LogP contribution >= 0.6 is 0 Å². The highest BCUT2D eigenvalue weighted by Gasteiger charge is 2.45. The molecule has 0 fully saturated rings. The Kier molecular flexibility index (Phi) is 5.77. The average Bonchev–Trinajstić information content (AvgIpc) is 2.78. The number of nitrogens with one attached hydrogen (secondary N) is 3. The molecule has 168 valence electrons. The molecule has 0 radical (unpaired) electrons. The van der Waals surface area contributed by atoms with Crippen molar-refractivity contribution in [3.63, 3.8) is 0 Å². The van der Waals surface area contributed by atoms with Gasteiger partial charge in [-0.1, -0.05) is 0 Å². The summed E-state index contributed by atoms with van der Waals surface area (Å²) in [6, 6.07) is 9.61. The van der Waals surface area contributed by atoms with Gasteiger partial charge in [0.15, 0.2) is 11.5 Å². The van der Waals surface area contributed by atoms with E-state index in [9.17, 15) is 13.9 Å². The number of aliphatic hydroxyl groups is 1. The number of nitrogens with zero attached hydrogens (tertiary/aromatic N) is 3. The van der Waals surface area contributed by atoms with Crippen LogP contribution in [0.3, 0.4) is 0 Å². The highest BCUT2D eigenvalue weighted by Crippen LogP contribution is 2.38. The molecule has 0 saturated heterocycles. The van der Waals surface area contributed by atoms with Crippen LogP contribution in [0.2, 0.25) is 0 Å². The van der Waals surface area contributed by atoms with Crippen LogP contribution in [0.1, 0.15) is 0 Å². The maximum atomic E-state index is 13.5. The number of halogens is 2. The number of hydrogen-bond acceptors (Lipinski definition) is 6. The standard InChI is InChI=1S/C20H20F2N6O4/c1-23-18(25-11-3-5-14-13(9-11)27-17(29)20(21,22)32-14)28-19(24-2)26-12-4-6-15-16(10-12)31-8-7-30-15/h3-6,9-10,17,27,29H,2,7-8H2,1H3,(H2,23,25,26,28). The lowest BCUT2D eigenvalue weighted by Gasteiger charge is -2.31. The third-order valence-electron chi connectivity index (χ3n) is 4.46. The molecule has 4 rings (SSSR count). The van der Waals surface area contributed by atoms with E-state index in [1.54, 1.807) is 18.2 Å². The first-order valence-electron chi connectivity index (χ1n) is 9.49. The Morgan fingerprint density at radius 3 is 2.44 bits per heavy atom. The fourth-order valence-corrected chi connectivity index (χ4v) is 2.96. The van der Waals surface area contributed by atoms with Crippen molar-refractivity contribution in [1.82, 2.24) is 0 Å². The SMILES string of the molecule is C=NC(=NC(=NC)Nc1ccc2c(c1)NC(O)C(F)(F)O2)Nc1ccc2c(c1)OCCO2. The first kappa shape index (κ1) is 21.3. The van der Waals surface area contributed by atoms with Crippen LogP contribution in [-0.2, 0) is 0 Å². The number of ether oxygens (including phenoxy) is 3. The van der Waals surface area contributed by atoms with Gasteiger partial charge >= 0.3 is 6.11 Å². The van der Waals surface area contributed by atoms with Crippen molar-refractivity contribution >= 4 is 35.7 Å². The van der Waals surface area contributed by atoms with Gasteiger partial charge in [0, 0.05) is 24.5 Å². The van der Waals surface area contributed by atoms with Crippen molar-refractivity contribution in [3.05, 3.63) is 36.4 Å². The summed E-state index contributed by atoms with van der Waals surface area (Å²) in [5, 5.41) is 17.7. The molecule has 2 aromatic carbocycles. The minimum atomic E-state index is -3.73. The topological polar surface area (TPSA) is 121 Å². The first-order valence-corrected chi connectivity index (χ1v) is 9.49. The smallest absolute Gasteiger partial charge is 0.444 e. The van der Waals surface area contributed by atoms with E-state index in [4.69, 9.17) is 9.47 Å². The lowest BCUT2D eigenvalue weighted by molar-refractivity contribution is -0.235. The number of benzene rings is 2. The average molecular weight is 446 g/mol. The third kappa shape index (κ3) is 4.54. The van der Waals surface area contributed by atoms with Gasteiger partial charge in [-0.15, -0.1) is 0 Å². The molecule has 1 atom stereocenters. The lowest BCUT2D eigenvalue weighted by Crippen LogP contribution is -2.47. The molecule has 2 heterocycles. The van der Waals surface area contributed by atoms with E-state index in [0.29, 0.717) is 36.1 Å². The van der Waals surface area contributed by atoms with Crippen molar-refractivity contribution in [2.75, 3.05) is 36.2 Å². The summed E-state index contributed by atoms with van der Waals surface area (Å²) >= 11 is 0. The third-order valence-corrected chi connectivity index (χ3v) is 4.46. The van der Waals surface area contributed by atoms with Gasteiger partial charge in [-0.25, -0.2) is 4.99 Å². The monoisotopic (exact) mass is 446 g/mol. The van der Waals surface area contributed by atoms with E-state index in [1.165, 1.54) is 25.2 Å². The molecule has 0 aliphatic carbocycles. The summed E-state index contributed by atoms with van der Waals surface area (Å²) in [7, 11) is 1.51. The van der Waals surface area contributed by atoms with Gasteiger partial charge in [0.1, 0.15) is 19.0 Å².